The van der Waals surface area contributed by atoms with Gasteiger partial charge >= 0.3 is 0 Å². The van der Waals surface area contributed by atoms with Crippen molar-refractivity contribution in [3.63, 3.8) is 0 Å². The van der Waals surface area contributed by atoms with Crippen molar-refractivity contribution in [1.82, 2.24) is 15.2 Å². The second-order valence-corrected chi connectivity index (χ2v) is 11.0. The third-order valence-corrected chi connectivity index (χ3v) is 7.85. The molecule has 0 spiro atoms. The molecule has 2 aliphatic heterocycles. The van der Waals surface area contributed by atoms with Crippen LogP contribution in [0.4, 0.5) is 5.69 Å². The third kappa shape index (κ3) is 5.31. The molecule has 1 aromatic rings. The number of hydrazone groups is 1. The van der Waals surface area contributed by atoms with Gasteiger partial charge in [0.25, 0.3) is 0 Å². The maximum absolute atomic E-state index is 13.3. The van der Waals surface area contributed by atoms with E-state index in [4.69, 9.17) is 0 Å². The Morgan fingerprint density at radius 3 is 2.61 bits per heavy atom. The number of anilines is 1. The number of rotatable bonds is 7. The highest BCUT2D eigenvalue weighted by molar-refractivity contribution is 8.14. The predicted molar refractivity (Wildman–Crippen MR) is 135 cm³/mol. The molecule has 4 rings (SSSR count). The smallest absolute Gasteiger partial charge is 0.234 e. The van der Waals surface area contributed by atoms with Crippen LogP contribution in [0.2, 0.25) is 0 Å². The summed E-state index contributed by atoms with van der Waals surface area (Å²) >= 11 is 1.45. The summed E-state index contributed by atoms with van der Waals surface area (Å²) in [5.74, 6) is 1.52. The Balaban J connectivity index is 1.40. The van der Waals surface area contributed by atoms with Gasteiger partial charge in [0.15, 0.2) is 11.5 Å². The lowest BCUT2D eigenvalue weighted by atomic mass is 9.81. The molecule has 2 fully saturated rings. The number of amidine groups is 1. The molecule has 1 aromatic carbocycles. The number of thioether (sulfide) groups is 1. The normalized spacial score (nSPS) is 24.5. The van der Waals surface area contributed by atoms with Crippen LogP contribution in [0.3, 0.4) is 0 Å². The quantitative estimate of drug-likeness (QED) is 0.617. The zero-order valence-corrected chi connectivity index (χ0v) is 21.0. The Bertz CT molecular complexity index is 885. The summed E-state index contributed by atoms with van der Waals surface area (Å²) in [5, 5.41) is 8.39. The van der Waals surface area contributed by atoms with Crippen molar-refractivity contribution in [3.8, 4) is 0 Å². The topological polar surface area (TPSA) is 77.0 Å². The molecule has 7 nitrogen and oxygen atoms in total. The molecule has 33 heavy (non-hydrogen) atoms. The van der Waals surface area contributed by atoms with Crippen LogP contribution < -0.4 is 10.7 Å². The number of benzene rings is 1. The standard InChI is InChI=1S/C25H37N5O2S/c1-16(2)13-14-29-23(32)20-7-5-6-8-21(20)30-24(29)27-28-25(30)33-15-22(31)26-19-11-9-18(10-12-19)17(3)4/h9-12,16-17,20-21,24,27H,5-8,13-15H2,1-4H3,(H,26,31). The van der Waals surface area contributed by atoms with Crippen molar-refractivity contribution in [2.24, 2.45) is 16.9 Å². The molecule has 1 aliphatic carbocycles. The van der Waals surface area contributed by atoms with E-state index in [1.165, 1.54) is 17.3 Å². The molecule has 3 aliphatic rings. The lowest BCUT2D eigenvalue weighted by Gasteiger charge is -2.50. The monoisotopic (exact) mass is 471 g/mol. The van der Waals surface area contributed by atoms with Gasteiger partial charge in [-0.1, -0.05) is 64.4 Å². The Morgan fingerprint density at radius 2 is 1.91 bits per heavy atom. The number of hydrogen-bond donors (Lipinski definition) is 2. The summed E-state index contributed by atoms with van der Waals surface area (Å²) in [7, 11) is 0. The SMILES string of the molecule is CC(C)CCN1C(=O)C2CCCCC2N2C(SCC(=O)Nc3ccc(C(C)C)cc3)=NNC12. The number of amides is 2. The van der Waals surface area contributed by atoms with Gasteiger partial charge in [-0.3, -0.25) is 15.0 Å². The molecular formula is C25H37N5O2S. The van der Waals surface area contributed by atoms with Gasteiger partial charge in [-0.05, 0) is 48.8 Å². The number of nitrogens with zero attached hydrogens (tertiary/aromatic N) is 3. The van der Waals surface area contributed by atoms with Crippen LogP contribution in [0.5, 0.6) is 0 Å². The maximum Gasteiger partial charge on any atom is 0.234 e. The first-order valence-electron chi connectivity index (χ1n) is 12.3. The average molecular weight is 472 g/mol. The second kappa shape index (κ2) is 10.4. The molecule has 2 N–H and O–H groups in total. The van der Waals surface area contributed by atoms with E-state index in [9.17, 15) is 9.59 Å². The van der Waals surface area contributed by atoms with E-state index in [1.54, 1.807) is 0 Å². The lowest BCUT2D eigenvalue weighted by Crippen LogP contribution is -2.67. The fourth-order valence-electron chi connectivity index (χ4n) is 4.96. The minimum absolute atomic E-state index is 0.0289. The first-order valence-corrected chi connectivity index (χ1v) is 13.3. The highest BCUT2D eigenvalue weighted by Gasteiger charge is 2.50. The van der Waals surface area contributed by atoms with Gasteiger partial charge in [-0.15, -0.1) is 0 Å². The zero-order valence-electron chi connectivity index (χ0n) is 20.2. The number of fused-ring (bicyclic) bond motifs is 3. The van der Waals surface area contributed by atoms with E-state index in [1.807, 2.05) is 17.0 Å². The summed E-state index contributed by atoms with van der Waals surface area (Å²) < 4.78 is 0. The number of carbonyl (C=O) groups is 2. The molecule has 8 heteroatoms. The highest BCUT2D eigenvalue weighted by atomic mass is 32.2. The van der Waals surface area contributed by atoms with Crippen molar-refractivity contribution in [2.45, 2.75) is 78.0 Å². The largest absolute Gasteiger partial charge is 0.325 e. The molecule has 1 saturated heterocycles. The molecular weight excluding hydrogens is 434 g/mol. The van der Waals surface area contributed by atoms with Crippen molar-refractivity contribution in [3.05, 3.63) is 29.8 Å². The third-order valence-electron chi connectivity index (χ3n) is 6.88. The van der Waals surface area contributed by atoms with Crippen LogP contribution >= 0.6 is 11.8 Å². The summed E-state index contributed by atoms with van der Waals surface area (Å²) in [6.07, 6.45) is 4.92. The van der Waals surface area contributed by atoms with Gasteiger partial charge < -0.3 is 15.1 Å². The Hall–Kier alpha value is -2.22. The summed E-state index contributed by atoms with van der Waals surface area (Å²) in [4.78, 5) is 30.2. The number of nitrogens with one attached hydrogen (secondary N) is 2. The summed E-state index contributed by atoms with van der Waals surface area (Å²) in [5.41, 5.74) is 5.27. The maximum atomic E-state index is 13.3. The lowest BCUT2D eigenvalue weighted by molar-refractivity contribution is -0.155. The van der Waals surface area contributed by atoms with Gasteiger partial charge in [0.05, 0.1) is 11.7 Å². The molecule has 0 bridgehead atoms. The molecule has 2 heterocycles. The first-order chi connectivity index (χ1) is 15.8. The fourth-order valence-corrected chi connectivity index (χ4v) is 5.80. The van der Waals surface area contributed by atoms with E-state index in [-0.39, 0.29) is 35.8 Å². The fraction of sp³-hybridized carbons (Fsp3) is 0.640. The first kappa shape index (κ1) is 23.9. The predicted octanol–water partition coefficient (Wildman–Crippen LogP) is 4.39. The van der Waals surface area contributed by atoms with Crippen molar-refractivity contribution in [1.29, 1.82) is 0 Å². The molecule has 180 valence electrons. The minimum Gasteiger partial charge on any atom is -0.325 e. The van der Waals surface area contributed by atoms with Crippen LogP contribution in [0.15, 0.2) is 29.4 Å². The molecule has 0 aromatic heterocycles. The van der Waals surface area contributed by atoms with Gasteiger partial charge in [-0.25, -0.2) is 0 Å². The van der Waals surface area contributed by atoms with E-state index in [2.05, 4.69) is 60.6 Å². The Labute approximate surface area is 201 Å². The molecule has 1 saturated carbocycles. The van der Waals surface area contributed by atoms with Gasteiger partial charge in [0, 0.05) is 18.3 Å². The summed E-state index contributed by atoms with van der Waals surface area (Å²) in [6, 6.07) is 8.20. The van der Waals surface area contributed by atoms with E-state index >= 15 is 0 Å². The van der Waals surface area contributed by atoms with E-state index in [0.717, 1.165) is 49.5 Å². The van der Waals surface area contributed by atoms with Crippen LogP contribution in [-0.2, 0) is 9.59 Å². The zero-order chi connectivity index (χ0) is 23.5. The van der Waals surface area contributed by atoms with Crippen LogP contribution in [0.25, 0.3) is 0 Å². The van der Waals surface area contributed by atoms with Crippen LogP contribution in [-0.4, -0.2) is 51.4 Å². The number of carbonyl (C=O) groups excluding carboxylic acids is 2. The molecule has 0 radical (unpaired) electrons. The van der Waals surface area contributed by atoms with E-state index < -0.39 is 0 Å². The molecule has 3 atom stereocenters. The minimum atomic E-state index is -0.232. The Kier molecular flexibility index (Phi) is 7.51. The van der Waals surface area contributed by atoms with Gasteiger partial charge in [0.2, 0.25) is 11.8 Å². The highest BCUT2D eigenvalue weighted by Crippen LogP contribution is 2.39. The second-order valence-electron chi connectivity index (χ2n) is 10.1. The molecule has 3 unspecified atom stereocenters. The van der Waals surface area contributed by atoms with Gasteiger partial charge in [-0.2, -0.15) is 5.10 Å². The van der Waals surface area contributed by atoms with Gasteiger partial charge in [0.1, 0.15) is 0 Å². The molecule has 2 amide bonds. The van der Waals surface area contributed by atoms with Crippen molar-refractivity contribution >= 4 is 34.4 Å². The number of hydrogen-bond acceptors (Lipinski definition) is 6. The van der Waals surface area contributed by atoms with E-state index in [0.29, 0.717) is 11.8 Å². The van der Waals surface area contributed by atoms with Crippen LogP contribution in [0, 0.1) is 11.8 Å². The van der Waals surface area contributed by atoms with Crippen molar-refractivity contribution in [2.75, 3.05) is 17.6 Å². The Morgan fingerprint density at radius 1 is 1.18 bits per heavy atom. The summed E-state index contributed by atoms with van der Waals surface area (Å²) in [6.45, 7) is 9.41. The van der Waals surface area contributed by atoms with Crippen LogP contribution in [0.1, 0.15) is 71.3 Å². The average Bonchev–Trinajstić information content (AvgIpc) is 3.22. The van der Waals surface area contributed by atoms with Crippen molar-refractivity contribution < 1.29 is 9.59 Å².